The first-order valence-electron chi connectivity index (χ1n) is 13.2. The molecule has 5 aromatic rings. The van der Waals surface area contributed by atoms with Gasteiger partial charge in [0.1, 0.15) is 23.9 Å². The second-order valence-electron chi connectivity index (χ2n) is 9.44. The Morgan fingerprint density at radius 3 is 2.27 bits per heavy atom. The number of rotatable bonds is 8. The molecule has 1 aliphatic heterocycles. The van der Waals surface area contributed by atoms with E-state index < -0.39 is 17.7 Å². The molecule has 41 heavy (non-hydrogen) atoms. The Balaban J connectivity index is 1.41. The fourth-order valence-corrected chi connectivity index (χ4v) is 5.86. The number of amides is 1. The van der Waals surface area contributed by atoms with E-state index in [1.807, 2.05) is 73.7 Å². The number of anilines is 1. The summed E-state index contributed by atoms with van der Waals surface area (Å²) in [5.41, 5.74) is 2.82. The Labute approximate surface area is 240 Å². The Kier molecular flexibility index (Phi) is 7.22. The number of thiazole rings is 1. The lowest BCUT2D eigenvalue weighted by atomic mass is 9.95. The first kappa shape index (κ1) is 26.3. The molecule has 2 heterocycles. The highest BCUT2D eigenvalue weighted by Crippen LogP contribution is 2.45. The summed E-state index contributed by atoms with van der Waals surface area (Å²) < 4.78 is 12.4. The highest BCUT2D eigenvalue weighted by molar-refractivity contribution is 7.22. The van der Waals surface area contributed by atoms with Crippen molar-refractivity contribution in [1.29, 1.82) is 0 Å². The summed E-state index contributed by atoms with van der Waals surface area (Å²) in [4.78, 5) is 33.1. The van der Waals surface area contributed by atoms with E-state index in [-0.39, 0.29) is 11.3 Å². The lowest BCUT2D eigenvalue weighted by Gasteiger charge is -2.23. The van der Waals surface area contributed by atoms with Crippen molar-refractivity contribution < 1.29 is 24.2 Å². The molecule has 0 bridgehead atoms. The number of fused-ring (bicyclic) bond motifs is 1. The van der Waals surface area contributed by atoms with Gasteiger partial charge in [0.2, 0.25) is 0 Å². The zero-order valence-electron chi connectivity index (χ0n) is 22.2. The van der Waals surface area contributed by atoms with Gasteiger partial charge in [0.05, 0.1) is 28.4 Å². The minimum absolute atomic E-state index is 0.00779. The normalized spacial score (nSPS) is 16.3. The summed E-state index contributed by atoms with van der Waals surface area (Å²) in [6.07, 6.45) is 0. The van der Waals surface area contributed by atoms with Crippen molar-refractivity contribution in [3.63, 3.8) is 0 Å². The fraction of sp³-hybridized carbons (Fsp3) is 0.121. The topological polar surface area (TPSA) is 89.0 Å². The third-order valence-electron chi connectivity index (χ3n) is 6.80. The minimum Gasteiger partial charge on any atom is -0.507 e. The largest absolute Gasteiger partial charge is 0.507 e. The van der Waals surface area contributed by atoms with Crippen molar-refractivity contribution >= 4 is 44.1 Å². The number of aromatic nitrogens is 1. The van der Waals surface area contributed by atoms with E-state index in [2.05, 4.69) is 0 Å². The van der Waals surface area contributed by atoms with Crippen LogP contribution in [0.5, 0.6) is 11.5 Å². The number of ether oxygens (including phenoxy) is 2. The Hall–Kier alpha value is -4.95. The van der Waals surface area contributed by atoms with Crippen LogP contribution in [-0.4, -0.2) is 28.4 Å². The molecule has 0 radical (unpaired) electrons. The van der Waals surface area contributed by atoms with E-state index >= 15 is 0 Å². The van der Waals surface area contributed by atoms with E-state index in [1.165, 1.54) is 16.2 Å². The number of hydrogen-bond donors (Lipinski definition) is 1. The molecule has 204 valence electrons. The van der Waals surface area contributed by atoms with Crippen molar-refractivity contribution in [3.05, 3.63) is 125 Å². The van der Waals surface area contributed by atoms with Crippen LogP contribution in [0.1, 0.15) is 29.7 Å². The molecule has 1 atom stereocenters. The smallest absolute Gasteiger partial charge is 0.301 e. The first-order chi connectivity index (χ1) is 20.0. The number of hydrogen-bond acceptors (Lipinski definition) is 7. The maximum atomic E-state index is 13.6. The number of carbonyl (C=O) groups is 2. The molecule has 6 rings (SSSR count). The van der Waals surface area contributed by atoms with Crippen LogP contribution in [0.3, 0.4) is 0 Å². The van der Waals surface area contributed by atoms with E-state index in [1.54, 1.807) is 36.4 Å². The third kappa shape index (κ3) is 5.17. The van der Waals surface area contributed by atoms with Crippen molar-refractivity contribution in [2.45, 2.75) is 19.6 Å². The molecule has 8 heteroatoms. The van der Waals surface area contributed by atoms with Gasteiger partial charge >= 0.3 is 5.91 Å². The molecular weight excluding hydrogens is 536 g/mol. The zero-order chi connectivity index (χ0) is 28.3. The van der Waals surface area contributed by atoms with Crippen molar-refractivity contribution in [1.82, 2.24) is 4.98 Å². The quantitative estimate of drug-likeness (QED) is 0.126. The average molecular weight is 563 g/mol. The van der Waals surface area contributed by atoms with Gasteiger partial charge in [-0.1, -0.05) is 84.1 Å². The summed E-state index contributed by atoms with van der Waals surface area (Å²) in [5.74, 6) is -0.415. The predicted octanol–water partition coefficient (Wildman–Crippen LogP) is 6.90. The highest BCUT2D eigenvalue weighted by atomic mass is 32.1. The number of carbonyl (C=O) groups excluding carboxylic acids is 2. The molecule has 0 spiro atoms. The van der Waals surface area contributed by atoms with Crippen molar-refractivity contribution in [2.75, 3.05) is 11.5 Å². The van der Waals surface area contributed by atoms with Crippen molar-refractivity contribution in [2.24, 2.45) is 0 Å². The third-order valence-corrected chi connectivity index (χ3v) is 7.82. The molecule has 1 N–H and O–H groups in total. The molecule has 4 aromatic carbocycles. The minimum atomic E-state index is -0.884. The van der Waals surface area contributed by atoms with Crippen LogP contribution in [0.15, 0.2) is 109 Å². The molecule has 7 nitrogen and oxygen atoms in total. The Morgan fingerprint density at radius 2 is 1.56 bits per heavy atom. The standard InChI is InChI=1S/C33H26N2O5S/c1-2-39-25-17-18-26-27(19-25)41-33(34-26)35-29(28(31(37)32(35)38)30(36)23-11-7-4-8-12-23)22-13-15-24(16-14-22)40-20-21-9-5-3-6-10-21/h3-19,29,36H,2,20H2,1H3. The Morgan fingerprint density at radius 1 is 0.878 bits per heavy atom. The zero-order valence-corrected chi connectivity index (χ0v) is 23.0. The van der Waals surface area contributed by atoms with Gasteiger partial charge < -0.3 is 14.6 Å². The molecule has 1 aromatic heterocycles. The first-order valence-corrected chi connectivity index (χ1v) is 14.0. The summed E-state index contributed by atoms with van der Waals surface area (Å²) in [6, 6.07) is 30.4. The second-order valence-corrected chi connectivity index (χ2v) is 10.4. The summed E-state index contributed by atoms with van der Waals surface area (Å²) in [6.45, 7) is 2.84. The highest BCUT2D eigenvalue weighted by Gasteiger charge is 2.48. The maximum Gasteiger partial charge on any atom is 0.301 e. The Bertz CT molecular complexity index is 1750. The van der Waals surface area contributed by atoms with Crippen LogP contribution < -0.4 is 14.4 Å². The molecule has 1 fully saturated rings. The van der Waals surface area contributed by atoms with Crippen LogP contribution in [0.2, 0.25) is 0 Å². The number of aliphatic hydroxyl groups excluding tert-OH is 1. The number of aliphatic hydroxyl groups is 1. The average Bonchev–Trinajstić information content (AvgIpc) is 3.54. The molecule has 0 saturated carbocycles. The van der Waals surface area contributed by atoms with Gasteiger partial charge in [-0.3, -0.25) is 14.5 Å². The van der Waals surface area contributed by atoms with Gasteiger partial charge in [0, 0.05) is 5.56 Å². The van der Waals surface area contributed by atoms with Crippen LogP contribution in [-0.2, 0) is 16.2 Å². The number of nitrogens with zero attached hydrogens (tertiary/aromatic N) is 2. The molecule has 1 aliphatic rings. The SMILES string of the molecule is CCOc1ccc2nc(N3C(=O)C(=O)C(=C(O)c4ccccc4)C3c3ccc(OCc4ccccc4)cc3)sc2c1. The van der Waals surface area contributed by atoms with Crippen molar-refractivity contribution in [3.8, 4) is 11.5 Å². The van der Waals surface area contributed by atoms with Crippen LogP contribution >= 0.6 is 11.3 Å². The summed E-state index contributed by atoms with van der Waals surface area (Å²) >= 11 is 1.29. The number of Topliss-reactive ketones (excluding diaryl/α,β-unsaturated/α-hetero) is 1. The monoisotopic (exact) mass is 562 g/mol. The van der Waals surface area contributed by atoms with Crippen LogP contribution in [0.25, 0.3) is 16.0 Å². The van der Waals surface area contributed by atoms with Gasteiger partial charge in [-0.05, 0) is 48.4 Å². The van der Waals surface area contributed by atoms with E-state index in [0.717, 1.165) is 10.3 Å². The van der Waals surface area contributed by atoms with Gasteiger partial charge in [-0.25, -0.2) is 4.98 Å². The number of ketones is 1. The van der Waals surface area contributed by atoms with Gasteiger partial charge in [-0.2, -0.15) is 0 Å². The van der Waals surface area contributed by atoms with Gasteiger partial charge in [0.15, 0.2) is 5.13 Å². The molecule has 0 aliphatic carbocycles. The van der Waals surface area contributed by atoms with E-state index in [4.69, 9.17) is 14.5 Å². The van der Waals surface area contributed by atoms with E-state index in [0.29, 0.717) is 46.5 Å². The molecular formula is C33H26N2O5S. The predicted molar refractivity (Wildman–Crippen MR) is 159 cm³/mol. The maximum absolute atomic E-state index is 13.6. The molecule has 1 amide bonds. The molecule has 1 saturated heterocycles. The lowest BCUT2D eigenvalue weighted by molar-refractivity contribution is -0.132. The summed E-state index contributed by atoms with van der Waals surface area (Å²) in [5, 5.41) is 11.7. The van der Waals surface area contributed by atoms with Crippen LogP contribution in [0.4, 0.5) is 5.13 Å². The van der Waals surface area contributed by atoms with Gasteiger partial charge in [-0.15, -0.1) is 0 Å². The fourth-order valence-electron chi connectivity index (χ4n) is 4.84. The number of benzene rings is 4. The second kappa shape index (κ2) is 11.3. The van der Waals surface area contributed by atoms with Gasteiger partial charge in [0.25, 0.3) is 5.78 Å². The van der Waals surface area contributed by atoms with Crippen LogP contribution in [0, 0.1) is 0 Å². The van der Waals surface area contributed by atoms with E-state index in [9.17, 15) is 14.7 Å². The molecule has 1 unspecified atom stereocenters. The lowest BCUT2D eigenvalue weighted by Crippen LogP contribution is -2.29. The summed E-state index contributed by atoms with van der Waals surface area (Å²) in [7, 11) is 0.